The van der Waals surface area contributed by atoms with Crippen molar-refractivity contribution < 1.29 is 14.3 Å². The zero-order valence-electron chi connectivity index (χ0n) is 14.8. The minimum Gasteiger partial charge on any atom is -0.492 e. The van der Waals surface area contributed by atoms with Crippen LogP contribution in [0.25, 0.3) is 0 Å². The third-order valence-electron chi connectivity index (χ3n) is 3.76. The number of nitrogens with one attached hydrogen (secondary N) is 2. The Balaban J connectivity index is 1.83. The van der Waals surface area contributed by atoms with Gasteiger partial charge in [0.1, 0.15) is 12.4 Å². The third kappa shape index (κ3) is 5.35. The minimum atomic E-state index is -0.253. The highest BCUT2D eigenvalue weighted by atomic mass is 16.5. The Morgan fingerprint density at radius 2 is 1.76 bits per heavy atom. The Bertz CT molecular complexity index is 718. The first-order valence-electron chi connectivity index (χ1n) is 8.22. The lowest BCUT2D eigenvalue weighted by molar-refractivity contribution is -0.105. The lowest BCUT2D eigenvalue weighted by Crippen LogP contribution is -2.28. The normalized spacial score (nSPS) is 10.8. The number of hydrogen-bond donors (Lipinski definition) is 2. The van der Waals surface area contributed by atoms with Gasteiger partial charge in [0.2, 0.25) is 6.41 Å². The van der Waals surface area contributed by atoms with Crippen molar-refractivity contribution in [1.29, 1.82) is 0 Å². The molecule has 0 aromatic heterocycles. The SMILES string of the molecule is CC(C)(C)c1ccc(OCCNC(=O)c2ccccc2NC=O)cc1. The molecule has 0 aliphatic rings. The molecule has 5 nitrogen and oxygen atoms in total. The van der Waals surface area contributed by atoms with E-state index < -0.39 is 0 Å². The van der Waals surface area contributed by atoms with Gasteiger partial charge in [-0.1, -0.05) is 45.0 Å². The number of amides is 2. The van der Waals surface area contributed by atoms with Crippen molar-refractivity contribution in [3.05, 3.63) is 59.7 Å². The molecule has 25 heavy (non-hydrogen) atoms. The molecule has 5 heteroatoms. The molecule has 2 aromatic carbocycles. The summed E-state index contributed by atoms with van der Waals surface area (Å²) >= 11 is 0. The summed E-state index contributed by atoms with van der Waals surface area (Å²) in [6, 6.07) is 14.8. The van der Waals surface area contributed by atoms with Crippen LogP contribution in [0, 0.1) is 0 Å². The van der Waals surface area contributed by atoms with E-state index >= 15 is 0 Å². The zero-order chi connectivity index (χ0) is 18.3. The van der Waals surface area contributed by atoms with Crippen molar-refractivity contribution in [2.45, 2.75) is 26.2 Å². The van der Waals surface area contributed by atoms with E-state index in [1.54, 1.807) is 24.3 Å². The van der Waals surface area contributed by atoms with Crippen LogP contribution in [0.1, 0.15) is 36.7 Å². The van der Waals surface area contributed by atoms with Crippen LogP contribution in [0.5, 0.6) is 5.75 Å². The van der Waals surface area contributed by atoms with Crippen LogP contribution in [-0.2, 0) is 10.2 Å². The van der Waals surface area contributed by atoms with Gasteiger partial charge < -0.3 is 15.4 Å². The van der Waals surface area contributed by atoms with E-state index in [1.807, 2.05) is 12.1 Å². The van der Waals surface area contributed by atoms with Gasteiger partial charge in [-0.15, -0.1) is 0 Å². The van der Waals surface area contributed by atoms with Gasteiger partial charge in [-0.25, -0.2) is 0 Å². The maximum absolute atomic E-state index is 12.2. The molecule has 132 valence electrons. The van der Waals surface area contributed by atoms with Crippen LogP contribution >= 0.6 is 0 Å². The quantitative estimate of drug-likeness (QED) is 0.600. The molecule has 2 rings (SSSR count). The summed E-state index contributed by atoms with van der Waals surface area (Å²) in [5.41, 5.74) is 2.25. The van der Waals surface area contributed by atoms with E-state index in [9.17, 15) is 9.59 Å². The lowest BCUT2D eigenvalue weighted by atomic mass is 9.87. The summed E-state index contributed by atoms with van der Waals surface area (Å²) in [6.07, 6.45) is 0.552. The largest absolute Gasteiger partial charge is 0.492 e. The molecule has 0 saturated carbocycles. The second kappa shape index (κ2) is 8.33. The Labute approximate surface area is 148 Å². The van der Waals surface area contributed by atoms with Gasteiger partial charge in [0.15, 0.2) is 0 Å². The summed E-state index contributed by atoms with van der Waals surface area (Å²) in [7, 11) is 0. The molecule has 2 aromatic rings. The van der Waals surface area contributed by atoms with Gasteiger partial charge in [0.05, 0.1) is 17.8 Å². The summed E-state index contributed by atoms with van der Waals surface area (Å²) < 4.78 is 5.65. The standard InChI is InChI=1S/C20H24N2O3/c1-20(2,3)15-8-10-16(11-9-15)25-13-12-21-19(24)17-6-4-5-7-18(17)22-14-23/h4-11,14H,12-13H2,1-3H3,(H,21,24)(H,22,23). The van der Waals surface area contributed by atoms with Crippen LogP contribution in [0.2, 0.25) is 0 Å². The van der Waals surface area contributed by atoms with E-state index in [-0.39, 0.29) is 11.3 Å². The molecule has 2 amide bonds. The number of carbonyl (C=O) groups is 2. The number of benzene rings is 2. The van der Waals surface area contributed by atoms with Crippen LogP contribution in [-0.4, -0.2) is 25.5 Å². The summed E-state index contributed by atoms with van der Waals surface area (Å²) in [4.78, 5) is 22.8. The second-order valence-corrected chi connectivity index (χ2v) is 6.69. The van der Waals surface area contributed by atoms with Crippen LogP contribution in [0.15, 0.2) is 48.5 Å². The first kappa shape index (κ1) is 18.5. The van der Waals surface area contributed by atoms with Crippen molar-refractivity contribution in [2.24, 2.45) is 0 Å². The molecule has 0 unspecified atom stereocenters. The fourth-order valence-electron chi connectivity index (χ4n) is 2.35. The highest BCUT2D eigenvalue weighted by molar-refractivity contribution is 6.01. The van der Waals surface area contributed by atoms with Crippen LogP contribution in [0.3, 0.4) is 0 Å². The molecular weight excluding hydrogens is 316 g/mol. The van der Waals surface area contributed by atoms with E-state index in [1.165, 1.54) is 5.56 Å². The molecular formula is C20H24N2O3. The number of rotatable bonds is 7. The number of hydrogen-bond acceptors (Lipinski definition) is 3. The molecule has 2 N–H and O–H groups in total. The second-order valence-electron chi connectivity index (χ2n) is 6.69. The Hall–Kier alpha value is -2.82. The van der Waals surface area contributed by atoms with E-state index in [0.717, 1.165) is 5.75 Å². The van der Waals surface area contributed by atoms with Crippen LogP contribution in [0.4, 0.5) is 5.69 Å². The minimum absolute atomic E-state index is 0.107. The number of para-hydroxylation sites is 1. The number of ether oxygens (including phenoxy) is 1. The Morgan fingerprint density at radius 3 is 2.40 bits per heavy atom. The zero-order valence-corrected chi connectivity index (χ0v) is 14.8. The molecule has 0 aliphatic heterocycles. The first-order chi connectivity index (χ1) is 11.9. The van der Waals surface area contributed by atoms with E-state index in [4.69, 9.17) is 4.74 Å². The first-order valence-corrected chi connectivity index (χ1v) is 8.22. The fraction of sp³-hybridized carbons (Fsp3) is 0.300. The Morgan fingerprint density at radius 1 is 1.08 bits per heavy atom. The molecule has 0 fully saturated rings. The number of carbonyl (C=O) groups excluding carboxylic acids is 2. The average Bonchev–Trinajstić information content (AvgIpc) is 2.59. The summed E-state index contributed by atoms with van der Waals surface area (Å²) in [5.74, 6) is 0.516. The monoisotopic (exact) mass is 340 g/mol. The Kier molecular flexibility index (Phi) is 6.17. The molecule has 0 saturated heterocycles. The van der Waals surface area contributed by atoms with E-state index in [2.05, 4.69) is 43.5 Å². The molecule has 0 spiro atoms. The van der Waals surface area contributed by atoms with Gasteiger partial charge in [0.25, 0.3) is 5.91 Å². The highest BCUT2D eigenvalue weighted by Crippen LogP contribution is 2.24. The lowest BCUT2D eigenvalue weighted by Gasteiger charge is -2.19. The molecule has 0 aliphatic carbocycles. The van der Waals surface area contributed by atoms with Crippen molar-refractivity contribution in [3.63, 3.8) is 0 Å². The molecule has 0 heterocycles. The third-order valence-corrected chi connectivity index (χ3v) is 3.76. The maximum atomic E-state index is 12.2. The molecule has 0 atom stereocenters. The smallest absolute Gasteiger partial charge is 0.253 e. The number of anilines is 1. The topological polar surface area (TPSA) is 67.4 Å². The summed E-state index contributed by atoms with van der Waals surface area (Å²) in [6.45, 7) is 7.22. The molecule has 0 radical (unpaired) electrons. The van der Waals surface area contributed by atoms with E-state index in [0.29, 0.717) is 30.8 Å². The predicted molar refractivity (Wildman–Crippen MR) is 99.1 cm³/mol. The average molecular weight is 340 g/mol. The highest BCUT2D eigenvalue weighted by Gasteiger charge is 2.13. The fourth-order valence-corrected chi connectivity index (χ4v) is 2.35. The van der Waals surface area contributed by atoms with Crippen LogP contribution < -0.4 is 15.4 Å². The van der Waals surface area contributed by atoms with Gasteiger partial charge >= 0.3 is 0 Å². The van der Waals surface area contributed by atoms with Crippen molar-refractivity contribution in [1.82, 2.24) is 5.32 Å². The van der Waals surface area contributed by atoms with Gasteiger partial charge in [-0.2, -0.15) is 0 Å². The van der Waals surface area contributed by atoms with Gasteiger partial charge in [0, 0.05) is 0 Å². The van der Waals surface area contributed by atoms with Gasteiger partial charge in [-0.05, 0) is 35.2 Å². The van der Waals surface area contributed by atoms with Crippen molar-refractivity contribution in [2.75, 3.05) is 18.5 Å². The predicted octanol–water partition coefficient (Wildman–Crippen LogP) is 3.36. The van der Waals surface area contributed by atoms with Gasteiger partial charge in [-0.3, -0.25) is 9.59 Å². The molecule has 0 bridgehead atoms. The van der Waals surface area contributed by atoms with Crippen molar-refractivity contribution in [3.8, 4) is 5.75 Å². The summed E-state index contributed by atoms with van der Waals surface area (Å²) in [5, 5.41) is 5.30. The van der Waals surface area contributed by atoms with Crippen molar-refractivity contribution >= 4 is 18.0 Å². The maximum Gasteiger partial charge on any atom is 0.253 e.